The standard InChI is InChI=1S/C53H36N4O/c1-4-16-37(17-5-1)51-54-52(39-28-27-35-15-10-11-18-38(35)33-39)56-53(55-51)45-25-14-26-47-50(45)49-44-24-13-12-23-43(44)46(34-48(49)58-47)36-29-31-42(32-30-36)57(40-19-6-2-7-20-40)41-21-8-3-9-22-41/h1-34,52H,(H,54,55,56). The van der Waals surface area contributed by atoms with Gasteiger partial charge in [0.1, 0.15) is 23.2 Å². The van der Waals surface area contributed by atoms with Gasteiger partial charge in [0.15, 0.2) is 5.84 Å². The van der Waals surface area contributed by atoms with Crippen LogP contribution in [0.1, 0.15) is 22.9 Å². The number of para-hydroxylation sites is 2. The highest BCUT2D eigenvalue weighted by Gasteiger charge is 2.25. The quantitative estimate of drug-likeness (QED) is 0.177. The molecule has 0 amide bonds. The fourth-order valence-electron chi connectivity index (χ4n) is 8.36. The summed E-state index contributed by atoms with van der Waals surface area (Å²) < 4.78 is 6.78. The van der Waals surface area contributed by atoms with Gasteiger partial charge >= 0.3 is 0 Å². The Balaban J connectivity index is 1.04. The maximum absolute atomic E-state index is 6.78. The molecule has 9 aromatic carbocycles. The van der Waals surface area contributed by atoms with Gasteiger partial charge in [-0.15, -0.1) is 0 Å². The van der Waals surface area contributed by atoms with Crippen LogP contribution in [0.5, 0.6) is 0 Å². The first-order chi connectivity index (χ1) is 28.7. The molecule has 1 N–H and O–H groups in total. The summed E-state index contributed by atoms with van der Waals surface area (Å²) in [6, 6.07) is 72.1. The molecule has 10 aromatic rings. The third-order valence-electron chi connectivity index (χ3n) is 11.1. The highest BCUT2D eigenvalue weighted by molar-refractivity contribution is 6.28. The van der Waals surface area contributed by atoms with Crippen LogP contribution < -0.4 is 10.2 Å². The first-order valence-electron chi connectivity index (χ1n) is 19.6. The number of rotatable bonds is 7. The highest BCUT2D eigenvalue weighted by atomic mass is 16.3. The molecule has 0 saturated carbocycles. The van der Waals surface area contributed by atoms with Crippen LogP contribution in [0.2, 0.25) is 0 Å². The van der Waals surface area contributed by atoms with Crippen LogP contribution in [-0.4, -0.2) is 11.7 Å². The van der Waals surface area contributed by atoms with Crippen LogP contribution in [0.15, 0.2) is 221 Å². The largest absolute Gasteiger partial charge is 0.456 e. The first-order valence-corrected chi connectivity index (χ1v) is 19.6. The fourth-order valence-corrected chi connectivity index (χ4v) is 8.36. The fraction of sp³-hybridized carbons (Fsp3) is 0.0189. The zero-order chi connectivity index (χ0) is 38.4. The van der Waals surface area contributed by atoms with Gasteiger partial charge in [0, 0.05) is 39.0 Å². The molecule has 274 valence electrons. The highest BCUT2D eigenvalue weighted by Crippen LogP contribution is 2.43. The van der Waals surface area contributed by atoms with Gasteiger partial charge < -0.3 is 14.6 Å². The Morgan fingerprint density at radius 3 is 1.83 bits per heavy atom. The minimum Gasteiger partial charge on any atom is -0.456 e. The van der Waals surface area contributed by atoms with E-state index in [1.54, 1.807) is 0 Å². The lowest BCUT2D eigenvalue weighted by Crippen LogP contribution is -2.33. The second-order valence-electron chi connectivity index (χ2n) is 14.6. The third kappa shape index (κ3) is 5.89. The molecule has 0 saturated heterocycles. The number of hydrogen-bond donors (Lipinski definition) is 1. The van der Waals surface area contributed by atoms with Crippen molar-refractivity contribution in [3.05, 3.63) is 223 Å². The molecule has 5 nitrogen and oxygen atoms in total. The predicted molar refractivity (Wildman–Crippen MR) is 241 cm³/mol. The summed E-state index contributed by atoms with van der Waals surface area (Å²) in [6.45, 7) is 0. The maximum atomic E-state index is 6.78. The van der Waals surface area contributed by atoms with E-state index in [-0.39, 0.29) is 6.17 Å². The normalized spacial score (nSPS) is 14.0. The molecule has 0 radical (unpaired) electrons. The van der Waals surface area contributed by atoms with Crippen molar-refractivity contribution in [1.82, 2.24) is 5.32 Å². The van der Waals surface area contributed by atoms with Crippen LogP contribution in [-0.2, 0) is 0 Å². The molecule has 0 bridgehead atoms. The Morgan fingerprint density at radius 1 is 0.448 bits per heavy atom. The summed E-state index contributed by atoms with van der Waals surface area (Å²) in [5.41, 5.74) is 10.2. The van der Waals surface area contributed by atoms with E-state index in [0.29, 0.717) is 5.84 Å². The molecule has 5 heteroatoms. The van der Waals surface area contributed by atoms with Gasteiger partial charge in [0.05, 0.1) is 0 Å². The van der Waals surface area contributed by atoms with Crippen molar-refractivity contribution in [1.29, 1.82) is 0 Å². The SMILES string of the molecule is c1ccc(C2=NC(c3ccc4ccccc4c3)NC(c3cccc4oc5cc(-c6ccc(N(c7ccccc7)c7ccccc7)cc6)c6ccccc6c5c34)=N2)cc1. The lowest BCUT2D eigenvalue weighted by molar-refractivity contribution is 0.668. The van der Waals surface area contributed by atoms with E-state index in [4.69, 9.17) is 14.4 Å². The van der Waals surface area contributed by atoms with Crippen LogP contribution >= 0.6 is 0 Å². The Labute approximate surface area is 335 Å². The Hall–Kier alpha value is -7.76. The zero-order valence-electron chi connectivity index (χ0n) is 31.5. The molecule has 1 aliphatic rings. The van der Waals surface area contributed by atoms with E-state index in [0.717, 1.165) is 83.4 Å². The van der Waals surface area contributed by atoms with E-state index in [1.165, 1.54) is 10.8 Å². The Bertz CT molecular complexity index is 3150. The summed E-state index contributed by atoms with van der Waals surface area (Å²) in [6.07, 6.45) is -0.341. The van der Waals surface area contributed by atoms with Gasteiger partial charge in [0.2, 0.25) is 0 Å². The molecule has 0 fully saturated rings. The lowest BCUT2D eigenvalue weighted by atomic mass is 9.93. The van der Waals surface area contributed by atoms with Crippen LogP contribution in [0.4, 0.5) is 17.1 Å². The van der Waals surface area contributed by atoms with Crippen molar-refractivity contribution in [2.45, 2.75) is 6.17 Å². The monoisotopic (exact) mass is 744 g/mol. The molecule has 1 atom stereocenters. The molecule has 1 aromatic heterocycles. The van der Waals surface area contributed by atoms with Crippen molar-refractivity contribution in [3.8, 4) is 11.1 Å². The predicted octanol–water partition coefficient (Wildman–Crippen LogP) is 13.5. The number of fused-ring (bicyclic) bond motifs is 6. The number of furan rings is 1. The van der Waals surface area contributed by atoms with Gasteiger partial charge in [-0.1, -0.05) is 152 Å². The number of anilines is 3. The van der Waals surface area contributed by atoms with Crippen molar-refractivity contribution < 1.29 is 4.42 Å². The maximum Gasteiger partial charge on any atom is 0.159 e. The number of hydrogen-bond acceptors (Lipinski definition) is 5. The van der Waals surface area contributed by atoms with Crippen LogP contribution in [0.25, 0.3) is 54.6 Å². The van der Waals surface area contributed by atoms with Gasteiger partial charge in [-0.25, -0.2) is 9.98 Å². The molecular weight excluding hydrogens is 709 g/mol. The van der Waals surface area contributed by atoms with Crippen molar-refractivity contribution in [2.24, 2.45) is 9.98 Å². The first kappa shape index (κ1) is 33.6. The third-order valence-corrected chi connectivity index (χ3v) is 11.1. The van der Waals surface area contributed by atoms with E-state index in [2.05, 4.69) is 198 Å². The molecular formula is C53H36N4O. The topological polar surface area (TPSA) is 53.1 Å². The summed E-state index contributed by atoms with van der Waals surface area (Å²) in [5.74, 6) is 1.44. The molecule has 58 heavy (non-hydrogen) atoms. The summed E-state index contributed by atoms with van der Waals surface area (Å²) in [4.78, 5) is 12.7. The second-order valence-corrected chi connectivity index (χ2v) is 14.6. The zero-order valence-corrected chi connectivity index (χ0v) is 31.5. The molecule has 1 aliphatic heterocycles. The van der Waals surface area contributed by atoms with Gasteiger partial charge in [-0.2, -0.15) is 0 Å². The molecule has 0 aliphatic carbocycles. The lowest BCUT2D eigenvalue weighted by Gasteiger charge is -2.25. The van der Waals surface area contributed by atoms with Gasteiger partial charge in [-0.05, 0) is 92.8 Å². The molecule has 0 spiro atoms. The number of nitrogens with zero attached hydrogens (tertiary/aromatic N) is 3. The van der Waals surface area contributed by atoms with E-state index < -0.39 is 0 Å². The van der Waals surface area contributed by atoms with Crippen LogP contribution in [0.3, 0.4) is 0 Å². The minimum absolute atomic E-state index is 0.341. The number of nitrogens with one attached hydrogen (secondary N) is 1. The average Bonchev–Trinajstić information content (AvgIpc) is 3.69. The van der Waals surface area contributed by atoms with E-state index in [9.17, 15) is 0 Å². The smallest absolute Gasteiger partial charge is 0.159 e. The number of benzene rings is 9. The molecule has 2 heterocycles. The van der Waals surface area contributed by atoms with Crippen LogP contribution in [0, 0.1) is 0 Å². The summed E-state index contributed by atoms with van der Waals surface area (Å²) >= 11 is 0. The summed E-state index contributed by atoms with van der Waals surface area (Å²) in [5, 5.41) is 10.5. The van der Waals surface area contributed by atoms with E-state index >= 15 is 0 Å². The Kier molecular flexibility index (Phi) is 8.14. The van der Waals surface area contributed by atoms with Gasteiger partial charge in [-0.3, -0.25) is 0 Å². The van der Waals surface area contributed by atoms with Gasteiger partial charge in [0.25, 0.3) is 0 Å². The van der Waals surface area contributed by atoms with E-state index in [1.807, 2.05) is 18.2 Å². The van der Waals surface area contributed by atoms with Crippen molar-refractivity contribution in [2.75, 3.05) is 4.90 Å². The second kappa shape index (κ2) is 14.1. The van der Waals surface area contributed by atoms with Crippen molar-refractivity contribution >= 4 is 72.2 Å². The minimum atomic E-state index is -0.341. The number of amidine groups is 2. The molecule has 11 rings (SSSR count). The Morgan fingerprint density at radius 2 is 1.09 bits per heavy atom. The van der Waals surface area contributed by atoms with Crippen molar-refractivity contribution in [3.63, 3.8) is 0 Å². The number of aliphatic imine (C=N–C) groups is 2. The molecule has 1 unspecified atom stereocenters. The summed E-state index contributed by atoms with van der Waals surface area (Å²) in [7, 11) is 0. The average molecular weight is 745 g/mol.